The molecule has 0 saturated heterocycles. The Balaban J connectivity index is 0.000000363. The van der Waals surface area contributed by atoms with Crippen molar-refractivity contribution >= 4 is 23.5 Å². The van der Waals surface area contributed by atoms with Gasteiger partial charge in [0.05, 0.1) is 5.52 Å². The maximum atomic E-state index is 5.87. The topological polar surface area (TPSA) is 67.3 Å². The summed E-state index contributed by atoms with van der Waals surface area (Å²) in [5.41, 5.74) is 8.73. The minimum absolute atomic E-state index is 0. The van der Waals surface area contributed by atoms with E-state index < -0.39 is 0 Å². The number of benzene rings is 3. The van der Waals surface area contributed by atoms with Crippen LogP contribution < -0.4 is 0 Å². The molecule has 1 N–H and O–H groups in total. The van der Waals surface area contributed by atoms with Crippen LogP contribution in [0.25, 0.3) is 10.9 Å². The van der Waals surface area contributed by atoms with Crippen LogP contribution in [-0.2, 0) is 58.2 Å². The summed E-state index contributed by atoms with van der Waals surface area (Å²) >= 11 is 5.87. The Morgan fingerprint density at radius 2 is 1.72 bits per heavy atom. The summed E-state index contributed by atoms with van der Waals surface area (Å²) in [7, 11) is 0. The van der Waals surface area contributed by atoms with Gasteiger partial charge in [-0.1, -0.05) is 83.1 Å². The molecule has 155 valence electrons. The first-order valence-electron chi connectivity index (χ1n) is 10.1. The van der Waals surface area contributed by atoms with Gasteiger partial charge in [0, 0.05) is 50.2 Å². The van der Waals surface area contributed by atoms with Gasteiger partial charge in [-0.15, -0.1) is 5.25 Å². The molecule has 5 aromatic rings. The van der Waals surface area contributed by atoms with Crippen molar-refractivity contribution < 1.29 is 32.7 Å². The van der Waals surface area contributed by atoms with Crippen molar-refractivity contribution in [1.82, 2.24) is 25.6 Å². The molecule has 5 nitrogen and oxygen atoms in total. The van der Waals surface area contributed by atoms with Gasteiger partial charge in [-0.2, -0.15) is 0 Å². The van der Waals surface area contributed by atoms with Crippen LogP contribution in [0.5, 0.6) is 0 Å². The van der Waals surface area contributed by atoms with E-state index in [-0.39, 0.29) is 38.0 Å². The van der Waals surface area contributed by atoms with Crippen molar-refractivity contribution in [2.24, 2.45) is 0 Å². The Kier molecular flexibility index (Phi) is 7.45. The molecule has 0 aliphatic heterocycles. The normalized spacial score (nSPS) is 13.8. The number of rotatable bonds is 2. The molecule has 1 atom stereocenters. The number of tetrazole rings is 1. The van der Waals surface area contributed by atoms with E-state index in [1.54, 1.807) is 0 Å². The van der Waals surface area contributed by atoms with Crippen LogP contribution in [-0.4, -0.2) is 25.6 Å². The van der Waals surface area contributed by atoms with Crippen molar-refractivity contribution in [2.45, 2.75) is 18.1 Å². The van der Waals surface area contributed by atoms with E-state index in [9.17, 15) is 0 Å². The van der Waals surface area contributed by atoms with Gasteiger partial charge >= 0.3 is 0 Å². The Bertz CT molecular complexity index is 1310. The Labute approximate surface area is 217 Å². The number of hydrogen-bond donors (Lipinski definition) is 1. The summed E-state index contributed by atoms with van der Waals surface area (Å²) in [5.74, 6) is 0. The summed E-state index contributed by atoms with van der Waals surface area (Å²) in [6.07, 6.45) is 4.01. The first-order valence-corrected chi connectivity index (χ1v) is 10.5. The van der Waals surface area contributed by atoms with Gasteiger partial charge in [-0.3, -0.25) is 4.98 Å². The number of aromatic amines is 1. The molecule has 1 aliphatic carbocycles. The largest absolute Gasteiger partial charge is 0.780 e. The van der Waals surface area contributed by atoms with E-state index in [1.165, 1.54) is 33.2 Å². The zero-order chi connectivity index (χ0) is 21.0. The molecule has 7 heteroatoms. The quantitative estimate of drug-likeness (QED) is 0.282. The minimum Gasteiger partial charge on any atom is -0.780 e. The van der Waals surface area contributed by atoms with Crippen molar-refractivity contribution in [3.63, 3.8) is 0 Å². The number of para-hydroxylation sites is 1. The molecule has 0 spiro atoms. The van der Waals surface area contributed by atoms with E-state index in [4.69, 9.17) is 17.6 Å². The number of nitrogens with zero attached hydrogens (tertiary/aromatic N) is 4. The Morgan fingerprint density at radius 1 is 0.906 bits per heavy atom. The predicted molar refractivity (Wildman–Crippen MR) is 122 cm³/mol. The third-order valence-corrected chi connectivity index (χ3v) is 6.00. The monoisotopic (exact) mass is 510 g/mol. The number of nitrogens with one attached hydrogen (secondary N) is 1. The smallest absolute Gasteiger partial charge is 0.0705 e. The number of fused-ring (bicyclic) bond motifs is 3. The van der Waals surface area contributed by atoms with E-state index >= 15 is 0 Å². The average molecular weight is 510 g/mol. The molecule has 0 bridgehead atoms. The van der Waals surface area contributed by atoms with E-state index in [1.807, 2.05) is 6.07 Å². The van der Waals surface area contributed by atoms with Gasteiger partial charge < -0.3 is 22.8 Å². The maximum absolute atomic E-state index is 5.87. The van der Waals surface area contributed by atoms with E-state index in [0.29, 0.717) is 0 Å². The fourth-order valence-electron chi connectivity index (χ4n) is 4.01. The zero-order valence-electron chi connectivity index (χ0n) is 17.3. The third kappa shape index (κ3) is 4.98. The minimum atomic E-state index is 0. The summed E-state index contributed by atoms with van der Waals surface area (Å²) in [6.45, 7) is 0. The summed E-state index contributed by atoms with van der Waals surface area (Å²) < 4.78 is 0. The zero-order valence-corrected chi connectivity index (χ0v) is 20.9. The molecule has 6 rings (SSSR count). The molecule has 2 aromatic heterocycles. The van der Waals surface area contributed by atoms with Crippen LogP contribution in [0.4, 0.5) is 0 Å². The van der Waals surface area contributed by atoms with Crippen molar-refractivity contribution in [3.05, 3.63) is 119 Å². The van der Waals surface area contributed by atoms with Crippen LogP contribution >= 0.6 is 0 Å². The van der Waals surface area contributed by atoms with Gasteiger partial charge in [0.25, 0.3) is 0 Å². The van der Waals surface area contributed by atoms with Crippen molar-refractivity contribution in [2.75, 3.05) is 0 Å². The van der Waals surface area contributed by atoms with Gasteiger partial charge in [0.2, 0.25) is 0 Å². The molecule has 3 aromatic carbocycles. The first-order chi connectivity index (χ1) is 15.3. The van der Waals surface area contributed by atoms with E-state index in [0.717, 1.165) is 24.1 Å². The molecule has 1 radical (unpaired) electrons. The Hall–Kier alpha value is -2.41. The van der Waals surface area contributed by atoms with E-state index in [2.05, 4.69) is 99.7 Å². The van der Waals surface area contributed by atoms with Gasteiger partial charge in [0.15, 0.2) is 0 Å². The molecule has 2 heterocycles. The molecule has 32 heavy (non-hydrogen) atoms. The average Bonchev–Trinajstić information content (AvgIpc) is 3.40. The van der Waals surface area contributed by atoms with Crippen LogP contribution in [0.15, 0.2) is 78.9 Å². The van der Waals surface area contributed by atoms with Crippen molar-refractivity contribution in [1.29, 1.82) is 0 Å². The van der Waals surface area contributed by atoms with Gasteiger partial charge in [-0.05, 0) is 35.2 Å². The number of hydrogen-bond acceptors (Lipinski definition) is 5. The summed E-state index contributed by atoms with van der Waals surface area (Å²) in [6, 6.07) is 27.9. The van der Waals surface area contributed by atoms with Crippen LogP contribution in [0.3, 0.4) is 0 Å². The fraction of sp³-hybridized carbons (Fsp3) is 0.120. The Morgan fingerprint density at radius 3 is 2.53 bits per heavy atom. The fourth-order valence-corrected chi connectivity index (χ4v) is 4.46. The standard InChI is InChI=1S/C24H19NS.CHN4.Y/c26-24-21-7-3-1-6-18(21)15-19-10-9-16(14-22(19)24)13-20-12-11-17-5-2-4-8-23(17)25-20;1-2-4-5-3-1;/h1-12,14,24,26H,13,15H2;(H,2,3,4,5);/q;-1;/p-1. The molecule has 1 aliphatic rings. The van der Waals surface area contributed by atoms with Crippen molar-refractivity contribution in [3.8, 4) is 0 Å². The summed E-state index contributed by atoms with van der Waals surface area (Å²) in [5, 5.41) is 13.0. The third-order valence-electron chi connectivity index (χ3n) is 5.49. The van der Waals surface area contributed by atoms with Crippen LogP contribution in [0.2, 0.25) is 0 Å². The molecule has 0 amide bonds. The second-order valence-corrected chi connectivity index (χ2v) is 7.94. The summed E-state index contributed by atoms with van der Waals surface area (Å²) in [4.78, 5) is 4.81. The molecule has 0 saturated carbocycles. The number of aromatic nitrogens is 5. The van der Waals surface area contributed by atoms with Crippen LogP contribution in [0.1, 0.15) is 38.8 Å². The number of pyridine rings is 1. The van der Waals surface area contributed by atoms with Gasteiger partial charge in [0.1, 0.15) is 0 Å². The number of H-pyrrole nitrogens is 1. The predicted octanol–water partition coefficient (Wildman–Crippen LogP) is 4.36. The first kappa shape index (κ1) is 22.8. The van der Waals surface area contributed by atoms with Gasteiger partial charge in [-0.25, -0.2) is 11.5 Å². The second kappa shape index (κ2) is 10.5. The maximum Gasteiger partial charge on any atom is 0.0705 e. The molecular weight excluding hydrogens is 491 g/mol. The van der Waals surface area contributed by atoms with Crippen LogP contribution in [0, 0.1) is 6.33 Å². The SMILES string of the molecule is [S-]C1c2ccccc2Cc2ccc(Cc3ccc4ccccc4n3)cc21.[Y].[c-]1nn[nH]n1. The molecule has 1 unspecified atom stereocenters. The molecular formula is C25H19N5SY-2. The second-order valence-electron chi connectivity index (χ2n) is 7.47. The molecule has 0 fully saturated rings.